The molecular weight excluding hydrogens is 1080 g/mol. The first-order valence-corrected chi connectivity index (χ1v) is 29.2. The summed E-state index contributed by atoms with van der Waals surface area (Å²) in [6, 6.07) is 9.72. The Kier molecular flexibility index (Phi) is 22.4. The van der Waals surface area contributed by atoms with Gasteiger partial charge in [-0.25, -0.2) is 9.59 Å². The third-order valence-corrected chi connectivity index (χ3v) is 14.9. The molecule has 0 aromatic heterocycles. The Labute approximate surface area is 494 Å². The first-order valence-electron chi connectivity index (χ1n) is 29.2. The summed E-state index contributed by atoms with van der Waals surface area (Å²) in [4.78, 5) is 113. The minimum Gasteiger partial charge on any atom is -0.444 e. The highest BCUT2D eigenvalue weighted by Gasteiger charge is 2.48. The van der Waals surface area contributed by atoms with Gasteiger partial charge in [0.1, 0.15) is 61.2 Å². The summed E-state index contributed by atoms with van der Waals surface area (Å²) in [5, 5.41) is 26.9. The van der Waals surface area contributed by atoms with Crippen LogP contribution in [0.1, 0.15) is 156 Å². The molecule has 0 radical (unpaired) electrons. The summed E-state index contributed by atoms with van der Waals surface area (Å²) in [7, 11) is 0. The van der Waals surface area contributed by atoms with E-state index in [4.69, 9.17) is 18.9 Å². The Morgan fingerprint density at radius 1 is 0.595 bits per heavy atom. The topological polar surface area (TPSA) is 272 Å². The summed E-state index contributed by atoms with van der Waals surface area (Å²) in [5.41, 5.74) is 0.978. The lowest BCUT2D eigenvalue weighted by Crippen LogP contribution is -2.61. The number of alkyl carbamates (subject to hydrolysis) is 2. The molecule has 21 heteroatoms. The third-order valence-electron chi connectivity index (χ3n) is 14.9. The summed E-state index contributed by atoms with van der Waals surface area (Å²) in [6.07, 6.45) is 2.29. The number of nitrogens with zero attached hydrogens (tertiary/aromatic N) is 2. The normalized spacial score (nSPS) is 21.4. The van der Waals surface area contributed by atoms with E-state index in [1.165, 1.54) is 9.80 Å². The lowest BCUT2D eigenvalue weighted by molar-refractivity contribution is -0.144. The predicted molar refractivity (Wildman–Crippen MR) is 313 cm³/mol. The van der Waals surface area contributed by atoms with Crippen molar-refractivity contribution >= 4 is 47.6 Å². The van der Waals surface area contributed by atoms with Crippen LogP contribution in [0.5, 0.6) is 0 Å². The van der Waals surface area contributed by atoms with Crippen LogP contribution in [0.25, 0.3) is 0 Å². The Hall–Kier alpha value is -7.20. The van der Waals surface area contributed by atoms with Crippen molar-refractivity contribution < 1.29 is 62.4 Å². The fraction of sp³-hybridized carbons (Fsp3) is 0.619. The summed E-state index contributed by atoms with van der Waals surface area (Å²) in [6.45, 7) is 19.3. The predicted octanol–water partition coefficient (Wildman–Crippen LogP) is 4.83. The molecule has 9 atom stereocenters. The number of rotatable bonds is 17. The highest BCUT2D eigenvalue weighted by Crippen LogP contribution is 2.34. The number of ether oxygens (including phenoxy) is 4. The van der Waals surface area contributed by atoms with Gasteiger partial charge in [-0.15, -0.1) is 0 Å². The largest absolute Gasteiger partial charge is 0.444 e. The van der Waals surface area contributed by atoms with Crippen molar-refractivity contribution in [1.29, 1.82) is 0 Å². The summed E-state index contributed by atoms with van der Waals surface area (Å²) in [5.74, 6) is 8.10. The molecular formula is C63H88N8O13. The molecule has 8 amide bonds. The van der Waals surface area contributed by atoms with Crippen LogP contribution in [-0.2, 0) is 60.6 Å². The number of aliphatic hydroxyl groups excluding tert-OH is 1. The Morgan fingerprint density at radius 2 is 1.02 bits per heavy atom. The molecule has 84 heavy (non-hydrogen) atoms. The van der Waals surface area contributed by atoms with Gasteiger partial charge in [-0.3, -0.25) is 28.8 Å². The van der Waals surface area contributed by atoms with E-state index < -0.39 is 113 Å². The number of fused-ring (bicyclic) bond motifs is 2. The third kappa shape index (κ3) is 18.9. The molecule has 2 fully saturated rings. The average Bonchev–Trinajstić information content (AvgIpc) is 3.17. The molecule has 2 heterocycles. The van der Waals surface area contributed by atoms with Gasteiger partial charge >= 0.3 is 12.2 Å². The highest BCUT2D eigenvalue weighted by molar-refractivity contribution is 5.96. The molecule has 2 aliphatic heterocycles. The van der Waals surface area contributed by atoms with Crippen molar-refractivity contribution in [3.05, 3.63) is 70.8 Å². The zero-order chi connectivity index (χ0) is 61.7. The molecule has 6 rings (SSSR count). The lowest BCUT2D eigenvalue weighted by Gasteiger charge is -2.36. The molecule has 0 bridgehead atoms. The smallest absolute Gasteiger partial charge is 0.408 e. The number of amides is 8. The maximum atomic E-state index is 14.8. The fourth-order valence-corrected chi connectivity index (χ4v) is 10.8. The zero-order valence-electron chi connectivity index (χ0n) is 51.0. The number of likely N-dealkylation sites (tertiary alicyclic amines) is 2. The minimum atomic E-state index is -1.44. The van der Waals surface area contributed by atoms with Gasteiger partial charge < -0.3 is 65.8 Å². The summed E-state index contributed by atoms with van der Waals surface area (Å²) < 4.78 is 22.9. The highest BCUT2D eigenvalue weighted by atomic mass is 16.6. The second kappa shape index (κ2) is 28.6. The first kappa shape index (κ1) is 65.9. The molecule has 2 aromatic rings. The van der Waals surface area contributed by atoms with Gasteiger partial charge in [0.15, 0.2) is 0 Å². The van der Waals surface area contributed by atoms with Gasteiger partial charge in [0.2, 0.25) is 35.4 Å². The van der Waals surface area contributed by atoms with Gasteiger partial charge in [0.25, 0.3) is 0 Å². The van der Waals surface area contributed by atoms with Crippen LogP contribution < -0.4 is 31.9 Å². The van der Waals surface area contributed by atoms with Crippen molar-refractivity contribution in [2.45, 2.75) is 200 Å². The number of carbonyl (C=O) groups is 8. The average molecular weight is 1170 g/mol. The van der Waals surface area contributed by atoms with E-state index in [0.717, 1.165) is 54.4 Å². The molecule has 21 nitrogen and oxygen atoms in total. The number of benzene rings is 2. The molecule has 4 aliphatic rings. The molecule has 2 aliphatic carbocycles. The summed E-state index contributed by atoms with van der Waals surface area (Å²) >= 11 is 0. The van der Waals surface area contributed by atoms with Crippen LogP contribution in [0.2, 0.25) is 0 Å². The quantitative estimate of drug-likeness (QED) is 0.105. The van der Waals surface area contributed by atoms with Crippen molar-refractivity contribution in [2.75, 3.05) is 39.5 Å². The molecule has 0 unspecified atom stereocenters. The number of hydrogen-bond donors (Lipinski definition) is 7. The standard InChI is InChI=1S/C63H88N8O13/c1-60(2,3)51(68-50(73)35-64-58(79)83-62(7,8)9)56(77)70-36-41(33-48(70)54(75)65-45-29-21-25-39-23-15-17-27-43(39)45)81-31-19-13-14-20-32-82-42-34-49(55(76)66-46-30-22-26-40-24-16-18-28-44(40)46)71(37-42)57(78)52(61(4,5)6)69-53(74)47(38-72)67-59(80)84-63(10,11)12/h15-18,23-24,27-28,41-42,45-49,51-52,72H,21-22,25-26,29-38H2,1-12H3,(H,64,79)(H,65,75)(H,66,76)(H,67,80)(H,68,73)(H,69,74)/t41-,42-,45+,46+,47-,48-,49-,51+,52+/m0/s1. The molecule has 2 aromatic carbocycles. The van der Waals surface area contributed by atoms with Crippen molar-refractivity contribution in [1.82, 2.24) is 41.7 Å². The molecule has 7 N–H and O–H groups in total. The van der Waals surface area contributed by atoms with Crippen molar-refractivity contribution in [2.24, 2.45) is 10.8 Å². The Balaban J connectivity index is 1.12. The monoisotopic (exact) mass is 1160 g/mol. The van der Waals surface area contributed by atoms with Gasteiger partial charge in [-0.05, 0) is 125 Å². The van der Waals surface area contributed by atoms with Crippen LogP contribution in [0.15, 0.2) is 48.5 Å². The first-order chi connectivity index (χ1) is 39.4. The Morgan fingerprint density at radius 3 is 1.45 bits per heavy atom. The van der Waals surface area contributed by atoms with E-state index in [-0.39, 0.29) is 63.0 Å². The van der Waals surface area contributed by atoms with E-state index in [0.29, 0.717) is 6.42 Å². The fourth-order valence-electron chi connectivity index (χ4n) is 10.8. The molecule has 0 spiro atoms. The van der Waals surface area contributed by atoms with Crippen LogP contribution in [0.3, 0.4) is 0 Å². The zero-order valence-corrected chi connectivity index (χ0v) is 51.0. The maximum Gasteiger partial charge on any atom is 0.408 e. The number of aryl methyl sites for hydroxylation is 2. The van der Waals surface area contributed by atoms with Crippen LogP contribution in [-0.4, -0.2) is 156 Å². The van der Waals surface area contributed by atoms with Crippen molar-refractivity contribution in [3.8, 4) is 23.7 Å². The van der Waals surface area contributed by atoms with Gasteiger partial charge in [0.05, 0.1) is 30.9 Å². The van der Waals surface area contributed by atoms with E-state index in [2.05, 4.69) is 61.6 Å². The van der Waals surface area contributed by atoms with E-state index in [9.17, 15) is 43.5 Å². The van der Waals surface area contributed by atoms with Crippen LogP contribution in [0, 0.1) is 34.5 Å². The SMILES string of the molecule is CC(C)(C)OC(=O)NCC(=O)N[C@H](C(=O)N1C[C@@H](OCC#CC#CCO[C@H]2C[C@@H](C(=O)N[C@@H]3CCCc4ccccc43)N(C(=O)[C@@H](NC(=O)[C@H](CO)NC(=O)OC(C)(C)C)C(C)(C)C)C2)C[C@H]1C(=O)N[C@@H]1CCCc2ccccc21)C(C)(C)C. The molecule has 0 saturated carbocycles. The second-order valence-corrected chi connectivity index (χ2v) is 26.2. The minimum absolute atomic E-state index is 0.0105. The van der Waals surface area contributed by atoms with Gasteiger partial charge in [-0.1, -0.05) is 102 Å². The van der Waals surface area contributed by atoms with Gasteiger partial charge in [-0.2, -0.15) is 0 Å². The molecule has 2 saturated heterocycles. The Bertz CT molecular complexity index is 2840. The van der Waals surface area contributed by atoms with E-state index in [1.807, 2.05) is 42.5 Å². The van der Waals surface area contributed by atoms with Crippen LogP contribution in [0.4, 0.5) is 9.59 Å². The number of carbonyl (C=O) groups excluding carboxylic acids is 8. The van der Waals surface area contributed by atoms with E-state index >= 15 is 0 Å². The van der Waals surface area contributed by atoms with E-state index in [1.54, 1.807) is 83.1 Å². The van der Waals surface area contributed by atoms with Gasteiger partial charge in [0, 0.05) is 25.9 Å². The second-order valence-electron chi connectivity index (χ2n) is 26.2. The molecule has 458 valence electrons. The maximum absolute atomic E-state index is 14.8. The van der Waals surface area contributed by atoms with Crippen molar-refractivity contribution in [3.63, 3.8) is 0 Å². The number of nitrogens with one attached hydrogen (secondary N) is 6. The lowest BCUT2D eigenvalue weighted by atomic mass is 9.85. The van der Waals surface area contributed by atoms with Crippen LogP contribution >= 0.6 is 0 Å². The number of aliphatic hydroxyl groups is 1. The number of hydrogen-bond acceptors (Lipinski definition) is 13.